The third-order valence-electron chi connectivity index (χ3n) is 16.9. The molecule has 118 heavy (non-hydrogen) atoms. The maximum absolute atomic E-state index is 10.4. The quantitative estimate of drug-likeness (QED) is 0.0114. The SMILES string of the molecule is C.C1CC1.CB(O)NCCCCC(C)C(=O)O.CB(O)NCCCCC(C)C=O.CB(O)NCCCCC(C)CNCc1ccccc1.CB(O)NCCCCC(C)CO.CB(O)NCCCCC(N)CN.CC(=O)OOC(C)=O.CCCN(CCC)CC(CCCCNB(C)O)N(CCC)CCC.NCc1ccccc1.[B-]OC(C)=O.[Na+]. The van der Waals surface area contributed by atoms with Gasteiger partial charge in [-0.25, -0.2) is 19.4 Å². The van der Waals surface area contributed by atoms with Crippen LogP contribution in [0.2, 0.25) is 40.9 Å². The monoisotopic (exact) mass is 1680 g/mol. The molecule has 3 radical (unpaired) electrons. The number of nitrogens with two attached hydrogens (primary N) is 3. The first kappa shape index (κ1) is 133. The van der Waals surface area contributed by atoms with Gasteiger partial charge in [-0.15, -0.1) is 0 Å². The molecule has 28 nitrogen and oxygen atoms in total. The normalized spacial score (nSPS) is 12.0. The van der Waals surface area contributed by atoms with Gasteiger partial charge in [0.05, 0.1) is 5.92 Å². The molecule has 0 aromatic heterocycles. The predicted molar refractivity (Wildman–Crippen MR) is 496 cm³/mol. The number of carbonyl (C=O) groups is 5. The van der Waals surface area contributed by atoms with Gasteiger partial charge in [0.15, 0.2) is 0 Å². The zero-order chi connectivity index (χ0) is 89.4. The van der Waals surface area contributed by atoms with Crippen LogP contribution in [0.3, 0.4) is 0 Å². The van der Waals surface area contributed by atoms with Gasteiger partial charge in [0.2, 0.25) is 5.97 Å². The van der Waals surface area contributed by atoms with Crippen molar-refractivity contribution in [3.05, 3.63) is 71.8 Å². The molecule has 0 heterocycles. The van der Waals surface area contributed by atoms with Crippen molar-refractivity contribution in [2.24, 2.45) is 40.9 Å². The second-order valence-electron chi connectivity index (χ2n) is 30.1. The number of aliphatic hydroxyl groups is 1. The van der Waals surface area contributed by atoms with Crippen molar-refractivity contribution in [1.82, 2.24) is 46.5 Å². The summed E-state index contributed by atoms with van der Waals surface area (Å²) in [6, 6.07) is 21.3. The zero-order valence-corrected chi connectivity index (χ0v) is 78.8. The first-order valence-electron chi connectivity index (χ1n) is 43.5. The minimum atomic E-state index is -0.733. The first-order valence-corrected chi connectivity index (χ1v) is 43.5. The van der Waals surface area contributed by atoms with Gasteiger partial charge in [0, 0.05) is 71.6 Å². The standard InChI is InChI=1S/C19H44BN3O.C15H27BN2O.C8H18BNO3.C8H20BNO2.C8H18BNO2.C7H20BN3O.C7H9N.C4H6O4.C3H6.C2H3BO2.CH4.Na/c1-6-14-22(15-7-2)18-19(23(16-8-3)17-9-4)12-10-11-13-21-20(5)24;1-14(8-6-7-11-18-16(2)19)12-17-13-15-9-4-3-5-10-15;1-7(8(11)12)5-3-4-6-10-9(2)13;2*1-8(7-11)5-3-4-6-10-9(2)12;1-8(12)11-5-3-2-4-7(10)6-9;8-6-7-4-2-1-3-5-7;1-3(5)7-8-4(2)6;1-2-3-1;1-2(4)5-3;;/h19,21,24H,6-18H2,1-5H3;3-5,9-10,14,17-19H,6-8,11-13H2,1-2H3;7,10,13H,3-6H2,1-2H3,(H,11,12);8,10-12H,3-7H2,1-2H3;7-8,10,12H,3-6H2,1-2H3;7,11-12H,2-6,9-10H2,1H3;1-5H,6,8H2;1-2H3;1-3H2;1H3;1H4;/q;;;;;;;;;-1;;+1. The molecule has 6 atom stereocenters. The molecule has 2 aromatic rings. The summed E-state index contributed by atoms with van der Waals surface area (Å²) in [5.74, 6) is -1.44. The molecule has 1 aliphatic carbocycles. The van der Waals surface area contributed by atoms with Crippen LogP contribution in [0, 0.1) is 23.7 Å². The number of aldehydes is 1. The number of carbonyl (C=O) groups excluding carboxylic acids is 4. The van der Waals surface area contributed by atoms with E-state index in [1.807, 2.05) is 50.2 Å². The van der Waals surface area contributed by atoms with E-state index in [1.54, 1.807) is 47.9 Å². The number of aliphatic hydroxyl groups excluding tert-OH is 1. The summed E-state index contributed by atoms with van der Waals surface area (Å²) in [6.45, 7) is 45.7. The fourth-order valence-corrected chi connectivity index (χ4v) is 10.3. The van der Waals surface area contributed by atoms with Crippen LogP contribution in [0.15, 0.2) is 60.7 Å². The largest absolute Gasteiger partial charge is 1.00 e. The van der Waals surface area contributed by atoms with Crippen LogP contribution in [0.5, 0.6) is 0 Å². The molecule has 21 N–H and O–H groups in total. The molecule has 0 amide bonds. The van der Waals surface area contributed by atoms with E-state index in [-0.39, 0.29) is 75.6 Å². The molecular formula is C82H175B7N12NaO16. The number of nitrogens with one attached hydrogen (secondary N) is 7. The van der Waals surface area contributed by atoms with Gasteiger partial charge in [0.25, 0.3) is 0 Å². The van der Waals surface area contributed by atoms with Gasteiger partial charge in [-0.05, 0) is 239 Å². The van der Waals surface area contributed by atoms with Crippen molar-refractivity contribution in [2.75, 3.05) is 91.7 Å². The Morgan fingerprint density at radius 3 is 1.13 bits per heavy atom. The van der Waals surface area contributed by atoms with E-state index in [0.29, 0.717) is 37.4 Å². The van der Waals surface area contributed by atoms with Crippen molar-refractivity contribution in [2.45, 2.75) is 310 Å². The first-order chi connectivity index (χ1) is 55.1. The zero-order valence-electron chi connectivity index (χ0n) is 76.8. The Kier molecular flexibility index (Phi) is 115. The van der Waals surface area contributed by atoms with E-state index in [9.17, 15) is 29.0 Å². The average Bonchev–Trinajstić information content (AvgIpc) is 0.913. The summed E-state index contributed by atoms with van der Waals surface area (Å²) in [5.41, 5.74) is 18.9. The van der Waals surface area contributed by atoms with Crippen molar-refractivity contribution < 1.29 is 108 Å². The number of aliphatic carboxylic acids is 1. The third kappa shape index (κ3) is 123. The molecule has 1 fully saturated rings. The maximum Gasteiger partial charge on any atom is 1.00 e. The molecule has 6 unspecified atom stereocenters. The third-order valence-corrected chi connectivity index (χ3v) is 16.9. The number of nitrogens with zero attached hydrogens (tertiary/aromatic N) is 2. The number of carboxylic acid groups (broad SMARTS) is 1. The Hall–Kier alpha value is -3.32. The van der Waals surface area contributed by atoms with E-state index in [1.165, 1.54) is 121 Å². The van der Waals surface area contributed by atoms with Gasteiger partial charge in [-0.1, -0.05) is 181 Å². The van der Waals surface area contributed by atoms with E-state index in [4.69, 9.17) is 52.5 Å². The van der Waals surface area contributed by atoms with Gasteiger partial charge in [-0.2, -0.15) is 0 Å². The summed E-state index contributed by atoms with van der Waals surface area (Å²) in [6.07, 6.45) is 29.5. The van der Waals surface area contributed by atoms with Crippen molar-refractivity contribution in [3.63, 3.8) is 0 Å². The molecule has 0 bridgehead atoms. The van der Waals surface area contributed by atoms with Gasteiger partial charge >= 0.3 is 89.8 Å². The van der Waals surface area contributed by atoms with Gasteiger partial charge in [0.1, 0.15) is 6.29 Å². The predicted octanol–water partition coefficient (Wildman–Crippen LogP) is 6.26. The minimum absolute atomic E-state index is 0. The van der Waals surface area contributed by atoms with Gasteiger partial charge in [-0.3, -0.25) is 14.5 Å². The van der Waals surface area contributed by atoms with Crippen LogP contribution in [0.25, 0.3) is 0 Å². The van der Waals surface area contributed by atoms with Crippen LogP contribution in [0.4, 0.5) is 0 Å². The van der Waals surface area contributed by atoms with E-state index in [2.05, 4.69) is 128 Å². The minimum Gasteiger partial charge on any atom is -0.793 e. The number of benzene rings is 2. The van der Waals surface area contributed by atoms with Crippen molar-refractivity contribution in [1.29, 1.82) is 0 Å². The maximum atomic E-state index is 10.4. The Morgan fingerprint density at radius 1 is 0.508 bits per heavy atom. The Bertz CT molecular complexity index is 2320. The Morgan fingerprint density at radius 2 is 0.839 bits per heavy atom. The Labute approximate surface area is 745 Å². The fourth-order valence-electron chi connectivity index (χ4n) is 10.3. The summed E-state index contributed by atoms with van der Waals surface area (Å²) in [7, 11) is 1.84. The molecule has 36 heteroatoms. The summed E-state index contributed by atoms with van der Waals surface area (Å²) >= 11 is 0. The van der Waals surface area contributed by atoms with E-state index in [0.717, 1.165) is 156 Å². The van der Waals surface area contributed by atoms with Crippen LogP contribution < -0.4 is 83.4 Å². The summed E-state index contributed by atoms with van der Waals surface area (Å²) in [4.78, 5) is 62.8. The van der Waals surface area contributed by atoms with Gasteiger partial charge < -0.3 is 117 Å². The van der Waals surface area contributed by atoms with E-state index < -0.39 is 52.1 Å². The van der Waals surface area contributed by atoms with Crippen LogP contribution in [-0.2, 0) is 51.5 Å². The number of rotatable bonds is 56. The molecule has 3 rings (SSSR count). The van der Waals surface area contributed by atoms with Crippen LogP contribution in [-0.4, -0.2) is 234 Å². The summed E-state index contributed by atoms with van der Waals surface area (Å²) < 4.78 is 3.61. The molecule has 0 aliphatic heterocycles. The second kappa shape index (κ2) is 102. The molecule has 1 saturated carbocycles. The second-order valence-corrected chi connectivity index (χ2v) is 30.1. The van der Waals surface area contributed by atoms with E-state index >= 15 is 0 Å². The van der Waals surface area contributed by atoms with Crippen LogP contribution >= 0.6 is 0 Å². The molecule has 2 aromatic carbocycles. The molecule has 0 spiro atoms. The molecule has 681 valence electrons. The number of hydrogen-bond acceptors (Lipinski definition) is 27. The van der Waals surface area contributed by atoms with Crippen molar-refractivity contribution in [3.8, 4) is 0 Å². The number of unbranched alkanes of at least 4 members (excludes halogenated alkanes) is 6. The molecular weight excluding hydrogens is 1510 g/mol. The summed E-state index contributed by atoms with van der Waals surface area (Å²) in [5, 5.41) is 92.3. The average molecular weight is 1680 g/mol. The van der Waals surface area contributed by atoms with Crippen LogP contribution in [0.1, 0.15) is 255 Å². The Balaban J connectivity index is -0.000000165. The number of hydrogen-bond donors (Lipinski definition) is 18. The topological polar surface area (TPSA) is 444 Å². The molecule has 0 saturated heterocycles. The number of carboxylic acids is 1. The fraction of sp³-hybridized carbons (Fsp3) is 0.793. The van der Waals surface area contributed by atoms with Crippen molar-refractivity contribution >= 4 is 80.5 Å². The smallest absolute Gasteiger partial charge is 0.793 e. The molecule has 1 aliphatic rings.